The molecule has 4 nitrogen and oxygen atoms in total. The van der Waals surface area contributed by atoms with Gasteiger partial charge in [0.1, 0.15) is 11.6 Å². The molecule has 0 atom stereocenters. The van der Waals surface area contributed by atoms with Gasteiger partial charge in [0.15, 0.2) is 0 Å². The van der Waals surface area contributed by atoms with Gasteiger partial charge < -0.3 is 15.4 Å². The second kappa shape index (κ2) is 7.33. The Morgan fingerprint density at radius 1 is 1.27 bits per heavy atom. The molecule has 118 valence electrons. The number of carbonyl (C=O) groups is 1. The van der Waals surface area contributed by atoms with Crippen LogP contribution in [0.5, 0.6) is 5.75 Å². The quantitative estimate of drug-likeness (QED) is 0.862. The second-order valence-electron chi connectivity index (χ2n) is 4.41. The van der Waals surface area contributed by atoms with Gasteiger partial charge in [0, 0.05) is 18.8 Å². The first-order valence-corrected chi connectivity index (χ1v) is 6.48. The highest BCUT2D eigenvalue weighted by Crippen LogP contribution is 2.30. The predicted octanol–water partition coefficient (Wildman–Crippen LogP) is 3.77. The fraction of sp³-hybridized carbons (Fsp3) is 0.133. The van der Waals surface area contributed by atoms with Crippen molar-refractivity contribution in [3.63, 3.8) is 0 Å². The summed E-state index contributed by atoms with van der Waals surface area (Å²) in [6.07, 6.45) is 0. The molecule has 0 unspecified atom stereocenters. The lowest BCUT2D eigenvalue weighted by Crippen LogP contribution is -2.26. The maximum absolute atomic E-state index is 12.9. The molecule has 0 saturated heterocycles. The molecule has 0 aromatic heterocycles. The van der Waals surface area contributed by atoms with E-state index in [4.69, 9.17) is 22.1 Å². The van der Waals surface area contributed by atoms with E-state index < -0.39 is 0 Å². The molecular weight excluding hydrogens is 330 g/mol. The zero-order chi connectivity index (χ0) is 15.6. The summed E-state index contributed by atoms with van der Waals surface area (Å²) in [6, 6.07) is 8.54. The van der Waals surface area contributed by atoms with Crippen molar-refractivity contribution >= 4 is 41.3 Å². The lowest BCUT2D eigenvalue weighted by molar-refractivity contribution is 0.0990. The maximum atomic E-state index is 12.9. The van der Waals surface area contributed by atoms with Crippen molar-refractivity contribution in [3.05, 3.63) is 52.8 Å². The highest BCUT2D eigenvalue weighted by Gasteiger charge is 2.19. The Hall–Kier alpha value is -1.98. The third-order valence-corrected chi connectivity index (χ3v) is 3.40. The SMILES string of the molecule is COc1cc(N)c(Cl)cc1C(=O)N(C)c1ccc(F)cc1.Cl. The Labute approximate surface area is 139 Å². The zero-order valence-electron chi connectivity index (χ0n) is 12.0. The minimum Gasteiger partial charge on any atom is -0.496 e. The minimum absolute atomic E-state index is 0. The van der Waals surface area contributed by atoms with Gasteiger partial charge in [-0.25, -0.2) is 4.39 Å². The molecule has 2 N–H and O–H groups in total. The smallest absolute Gasteiger partial charge is 0.261 e. The van der Waals surface area contributed by atoms with Crippen molar-refractivity contribution in [1.29, 1.82) is 0 Å². The molecule has 0 saturated carbocycles. The Morgan fingerprint density at radius 3 is 2.41 bits per heavy atom. The monoisotopic (exact) mass is 344 g/mol. The summed E-state index contributed by atoms with van der Waals surface area (Å²) in [6.45, 7) is 0. The molecule has 0 aliphatic rings. The van der Waals surface area contributed by atoms with Crippen molar-refractivity contribution in [1.82, 2.24) is 0 Å². The molecule has 0 spiro atoms. The van der Waals surface area contributed by atoms with Crippen molar-refractivity contribution in [2.75, 3.05) is 24.8 Å². The van der Waals surface area contributed by atoms with Crippen molar-refractivity contribution in [2.24, 2.45) is 0 Å². The van der Waals surface area contributed by atoms with Crippen LogP contribution >= 0.6 is 24.0 Å². The van der Waals surface area contributed by atoms with Gasteiger partial charge in [-0.05, 0) is 30.3 Å². The number of methoxy groups -OCH3 is 1. The van der Waals surface area contributed by atoms with Crippen LogP contribution in [-0.2, 0) is 0 Å². The van der Waals surface area contributed by atoms with E-state index in [-0.39, 0.29) is 34.7 Å². The summed E-state index contributed by atoms with van der Waals surface area (Å²) < 4.78 is 18.1. The van der Waals surface area contributed by atoms with Crippen LogP contribution < -0.4 is 15.4 Å². The minimum atomic E-state index is -0.368. The summed E-state index contributed by atoms with van der Waals surface area (Å²) in [5.74, 6) is -0.371. The van der Waals surface area contributed by atoms with Gasteiger partial charge in [-0.15, -0.1) is 12.4 Å². The number of carbonyl (C=O) groups excluding carboxylic acids is 1. The second-order valence-corrected chi connectivity index (χ2v) is 4.82. The lowest BCUT2D eigenvalue weighted by atomic mass is 10.1. The van der Waals surface area contributed by atoms with E-state index in [9.17, 15) is 9.18 Å². The molecule has 0 fully saturated rings. The Morgan fingerprint density at radius 2 is 1.86 bits per heavy atom. The van der Waals surface area contributed by atoms with Crippen LogP contribution in [0.15, 0.2) is 36.4 Å². The number of hydrogen-bond donors (Lipinski definition) is 1. The topological polar surface area (TPSA) is 55.6 Å². The largest absolute Gasteiger partial charge is 0.496 e. The summed E-state index contributed by atoms with van der Waals surface area (Å²) in [5, 5.41) is 0.270. The van der Waals surface area contributed by atoms with Gasteiger partial charge >= 0.3 is 0 Å². The van der Waals surface area contributed by atoms with E-state index in [1.807, 2.05) is 0 Å². The number of nitrogen functional groups attached to an aromatic ring is 1. The van der Waals surface area contributed by atoms with Crippen LogP contribution in [0.3, 0.4) is 0 Å². The summed E-state index contributed by atoms with van der Waals surface area (Å²) in [5.41, 5.74) is 6.85. The highest BCUT2D eigenvalue weighted by molar-refractivity contribution is 6.33. The highest BCUT2D eigenvalue weighted by atomic mass is 35.5. The number of nitrogens with zero attached hydrogens (tertiary/aromatic N) is 1. The van der Waals surface area contributed by atoms with E-state index in [1.165, 1.54) is 48.4 Å². The van der Waals surface area contributed by atoms with Gasteiger partial charge in [-0.3, -0.25) is 4.79 Å². The van der Waals surface area contributed by atoms with Crippen molar-refractivity contribution < 1.29 is 13.9 Å². The van der Waals surface area contributed by atoms with Crippen LogP contribution in [0.4, 0.5) is 15.8 Å². The number of amides is 1. The lowest BCUT2D eigenvalue weighted by Gasteiger charge is -2.19. The number of ether oxygens (including phenoxy) is 1. The fourth-order valence-corrected chi connectivity index (χ4v) is 2.03. The van der Waals surface area contributed by atoms with Crippen molar-refractivity contribution in [3.8, 4) is 5.75 Å². The molecule has 22 heavy (non-hydrogen) atoms. The molecule has 0 aliphatic heterocycles. The summed E-state index contributed by atoms with van der Waals surface area (Å²) in [7, 11) is 3.02. The fourth-order valence-electron chi connectivity index (χ4n) is 1.87. The van der Waals surface area contributed by atoms with E-state index in [2.05, 4.69) is 0 Å². The third-order valence-electron chi connectivity index (χ3n) is 3.07. The van der Waals surface area contributed by atoms with Gasteiger partial charge in [0.25, 0.3) is 5.91 Å². The molecule has 0 aliphatic carbocycles. The molecule has 0 radical (unpaired) electrons. The third kappa shape index (κ3) is 3.61. The normalized spacial score (nSPS) is 9.82. The van der Waals surface area contributed by atoms with E-state index in [0.717, 1.165) is 0 Å². The number of benzene rings is 2. The molecule has 1 amide bonds. The Balaban J connectivity index is 0.00000242. The van der Waals surface area contributed by atoms with Crippen molar-refractivity contribution in [2.45, 2.75) is 0 Å². The molecule has 0 bridgehead atoms. The van der Waals surface area contributed by atoms with Gasteiger partial charge in [0.2, 0.25) is 0 Å². The zero-order valence-corrected chi connectivity index (χ0v) is 13.5. The summed E-state index contributed by atoms with van der Waals surface area (Å²) >= 11 is 5.96. The van der Waals surface area contributed by atoms with E-state index in [0.29, 0.717) is 17.1 Å². The van der Waals surface area contributed by atoms with Crippen LogP contribution in [0.2, 0.25) is 5.02 Å². The Kier molecular flexibility index (Phi) is 6.02. The van der Waals surface area contributed by atoms with Gasteiger partial charge in [0.05, 0.1) is 23.4 Å². The average molecular weight is 345 g/mol. The average Bonchev–Trinajstić information content (AvgIpc) is 2.49. The van der Waals surface area contributed by atoms with E-state index >= 15 is 0 Å². The first-order chi connectivity index (χ1) is 9.93. The molecule has 7 heteroatoms. The van der Waals surface area contributed by atoms with Crippen LogP contribution in [0.1, 0.15) is 10.4 Å². The molecule has 2 aromatic rings. The molecule has 2 aromatic carbocycles. The predicted molar refractivity (Wildman–Crippen MR) is 88.8 cm³/mol. The number of anilines is 2. The standard InChI is InChI=1S/C15H14ClFN2O2.ClH/c1-19(10-5-3-9(17)4-6-10)15(20)11-7-12(16)13(18)8-14(11)21-2;/h3-8H,18H2,1-2H3;1H. The van der Waals surface area contributed by atoms with Crippen LogP contribution in [0.25, 0.3) is 0 Å². The van der Waals surface area contributed by atoms with Gasteiger partial charge in [-0.1, -0.05) is 11.6 Å². The number of nitrogens with two attached hydrogens (primary N) is 1. The summed E-state index contributed by atoms with van der Waals surface area (Å²) in [4.78, 5) is 13.9. The first kappa shape index (κ1) is 18.1. The molecular formula is C15H15Cl2FN2O2. The number of rotatable bonds is 3. The van der Waals surface area contributed by atoms with Gasteiger partial charge in [-0.2, -0.15) is 0 Å². The number of hydrogen-bond acceptors (Lipinski definition) is 3. The Bertz CT molecular complexity index is 678. The maximum Gasteiger partial charge on any atom is 0.261 e. The molecule has 0 heterocycles. The van der Waals surface area contributed by atoms with E-state index in [1.54, 1.807) is 7.05 Å². The first-order valence-electron chi connectivity index (χ1n) is 6.10. The number of halogens is 3. The van der Waals surface area contributed by atoms with Crippen LogP contribution in [0, 0.1) is 5.82 Å². The van der Waals surface area contributed by atoms with Crippen LogP contribution in [-0.4, -0.2) is 20.1 Å². The molecule has 2 rings (SSSR count).